The number of thiocarbonyl (C=S) groups is 1. The number of carbonyl (C=O) groups is 2. The van der Waals surface area contributed by atoms with E-state index in [0.29, 0.717) is 28.7 Å². The standard InChI is InChI=1S/C27H23FN4O2S2/c1-30-16-21(18-9-6-12-29-14-18)27(24(34)32(25(35)36-27)15-17-7-4-3-5-8-17)26(30)20-13-19(28)10-11-22(20)31(2)23(26)33/h3-14,21H,15-16H2,1-2H3/t21-,26+,27-/m1/s1. The van der Waals surface area contributed by atoms with Gasteiger partial charge in [0.2, 0.25) is 5.91 Å². The fraction of sp³-hybridized carbons (Fsp3) is 0.259. The largest absolute Gasteiger partial charge is 0.313 e. The zero-order valence-electron chi connectivity index (χ0n) is 19.7. The van der Waals surface area contributed by atoms with E-state index >= 15 is 0 Å². The van der Waals surface area contributed by atoms with Crippen LogP contribution in [0, 0.1) is 5.82 Å². The molecule has 36 heavy (non-hydrogen) atoms. The fourth-order valence-electron chi connectivity index (χ4n) is 6.15. The molecule has 3 atom stereocenters. The predicted octanol–water partition coefficient (Wildman–Crippen LogP) is 3.92. The van der Waals surface area contributed by atoms with Crippen LogP contribution in [0.5, 0.6) is 0 Å². The second-order valence-electron chi connectivity index (χ2n) is 9.44. The first-order valence-corrected chi connectivity index (χ1v) is 12.8. The van der Waals surface area contributed by atoms with Gasteiger partial charge >= 0.3 is 0 Å². The quantitative estimate of drug-likeness (QED) is 0.490. The highest BCUT2D eigenvalue weighted by Gasteiger charge is 2.78. The third-order valence-corrected chi connectivity index (χ3v) is 9.62. The number of halogens is 1. The topological polar surface area (TPSA) is 56.8 Å². The number of anilines is 1. The molecule has 4 heterocycles. The van der Waals surface area contributed by atoms with Crippen LogP contribution in [-0.4, -0.2) is 56.3 Å². The summed E-state index contributed by atoms with van der Waals surface area (Å²) in [4.78, 5) is 38.3. The molecular weight excluding hydrogens is 495 g/mol. The number of rotatable bonds is 3. The van der Waals surface area contributed by atoms with Gasteiger partial charge in [-0.15, -0.1) is 0 Å². The molecule has 0 radical (unpaired) electrons. The molecule has 0 N–H and O–H groups in total. The maximum absolute atomic E-state index is 14.7. The average molecular weight is 519 g/mol. The molecule has 1 aromatic heterocycles. The Hall–Kier alpha value is -3.14. The first kappa shape index (κ1) is 23.3. The summed E-state index contributed by atoms with van der Waals surface area (Å²) in [5.74, 6) is -1.36. The molecule has 6 rings (SSSR count). The molecule has 2 amide bonds. The van der Waals surface area contributed by atoms with Gasteiger partial charge in [0.15, 0.2) is 5.54 Å². The number of aromatic nitrogens is 1. The van der Waals surface area contributed by atoms with Crippen molar-refractivity contribution in [1.82, 2.24) is 14.8 Å². The van der Waals surface area contributed by atoms with E-state index in [0.717, 1.165) is 11.1 Å². The normalized spacial score (nSPS) is 27.6. The van der Waals surface area contributed by atoms with Gasteiger partial charge < -0.3 is 4.90 Å². The molecular formula is C27H23FN4O2S2. The summed E-state index contributed by atoms with van der Waals surface area (Å²) in [6.07, 6.45) is 3.42. The summed E-state index contributed by atoms with van der Waals surface area (Å²) in [6, 6.07) is 17.8. The van der Waals surface area contributed by atoms with Crippen LogP contribution in [-0.2, 0) is 21.7 Å². The third kappa shape index (κ3) is 2.87. The van der Waals surface area contributed by atoms with Crippen molar-refractivity contribution < 1.29 is 14.0 Å². The fourth-order valence-corrected chi connectivity index (χ4v) is 8.28. The number of hydrogen-bond acceptors (Lipinski definition) is 6. The van der Waals surface area contributed by atoms with E-state index in [1.807, 2.05) is 54.4 Å². The van der Waals surface area contributed by atoms with Crippen molar-refractivity contribution in [3.63, 3.8) is 0 Å². The zero-order chi connectivity index (χ0) is 25.2. The van der Waals surface area contributed by atoms with E-state index in [-0.39, 0.29) is 11.8 Å². The highest BCUT2D eigenvalue weighted by atomic mass is 32.2. The molecule has 3 aromatic rings. The van der Waals surface area contributed by atoms with Crippen LogP contribution in [0.1, 0.15) is 22.6 Å². The Labute approximate surface area is 218 Å². The molecule has 2 saturated heterocycles. The second kappa shape index (κ2) is 8.19. The lowest BCUT2D eigenvalue weighted by atomic mass is 9.72. The molecule has 3 aliphatic rings. The lowest BCUT2D eigenvalue weighted by molar-refractivity contribution is -0.139. The van der Waals surface area contributed by atoms with E-state index in [1.54, 1.807) is 30.4 Å². The van der Waals surface area contributed by atoms with Crippen molar-refractivity contribution in [2.45, 2.75) is 22.7 Å². The molecule has 6 nitrogen and oxygen atoms in total. The minimum Gasteiger partial charge on any atom is -0.313 e. The van der Waals surface area contributed by atoms with E-state index in [1.165, 1.54) is 28.8 Å². The van der Waals surface area contributed by atoms with Crippen molar-refractivity contribution in [3.8, 4) is 0 Å². The number of nitrogens with zero attached hydrogens (tertiary/aromatic N) is 4. The molecule has 0 saturated carbocycles. The first-order chi connectivity index (χ1) is 17.3. The number of benzene rings is 2. The minimum atomic E-state index is -1.43. The molecule has 9 heteroatoms. The molecule has 0 bridgehead atoms. The van der Waals surface area contributed by atoms with Crippen LogP contribution in [0.25, 0.3) is 0 Å². The number of carbonyl (C=O) groups excluding carboxylic acids is 2. The Balaban J connectivity index is 1.60. The SMILES string of the molecule is CN1C(=O)[C@]2(c3cc(F)ccc31)N(C)C[C@H](c1cccnc1)[C@]21SC(=S)N(Cc2ccccc2)C1=O. The summed E-state index contributed by atoms with van der Waals surface area (Å²) in [6.45, 7) is 0.703. The van der Waals surface area contributed by atoms with Crippen molar-refractivity contribution in [3.05, 3.63) is 95.6 Å². The van der Waals surface area contributed by atoms with Crippen molar-refractivity contribution in [2.75, 3.05) is 25.5 Å². The predicted molar refractivity (Wildman–Crippen MR) is 141 cm³/mol. The van der Waals surface area contributed by atoms with E-state index in [2.05, 4.69) is 4.98 Å². The van der Waals surface area contributed by atoms with E-state index < -0.39 is 22.0 Å². The second-order valence-corrected chi connectivity index (χ2v) is 11.3. The first-order valence-electron chi connectivity index (χ1n) is 11.6. The van der Waals surface area contributed by atoms with Gasteiger partial charge in [-0.1, -0.05) is 60.4 Å². The summed E-state index contributed by atoms with van der Waals surface area (Å²) in [5, 5.41) is 0. The molecule has 0 aliphatic carbocycles. The maximum Gasteiger partial charge on any atom is 0.254 e. The number of thioether (sulfide) groups is 1. The maximum atomic E-state index is 14.7. The Morgan fingerprint density at radius 2 is 1.86 bits per heavy atom. The summed E-state index contributed by atoms with van der Waals surface area (Å²) in [7, 11) is 3.51. The number of pyridine rings is 1. The number of amides is 2. The van der Waals surface area contributed by atoms with E-state index in [4.69, 9.17) is 12.2 Å². The smallest absolute Gasteiger partial charge is 0.254 e. The van der Waals surface area contributed by atoms with Crippen LogP contribution in [0.3, 0.4) is 0 Å². The monoisotopic (exact) mass is 518 g/mol. The number of fused-ring (bicyclic) bond motifs is 3. The summed E-state index contributed by atoms with van der Waals surface area (Å²) < 4.78 is 13.8. The number of likely N-dealkylation sites (N-methyl/N-ethyl adjacent to an activating group) is 2. The molecule has 3 aliphatic heterocycles. The van der Waals surface area contributed by atoms with Gasteiger partial charge in [-0.2, -0.15) is 0 Å². The lowest BCUT2D eigenvalue weighted by Gasteiger charge is -2.42. The van der Waals surface area contributed by atoms with Crippen molar-refractivity contribution in [2.24, 2.45) is 0 Å². The van der Waals surface area contributed by atoms with Gasteiger partial charge in [-0.3, -0.25) is 24.4 Å². The van der Waals surface area contributed by atoms with Crippen molar-refractivity contribution in [1.29, 1.82) is 0 Å². The van der Waals surface area contributed by atoms with Gasteiger partial charge in [0.25, 0.3) is 5.91 Å². The van der Waals surface area contributed by atoms with Gasteiger partial charge in [0.05, 0.1) is 6.54 Å². The van der Waals surface area contributed by atoms with Crippen LogP contribution >= 0.6 is 24.0 Å². The Morgan fingerprint density at radius 1 is 1.08 bits per heavy atom. The van der Waals surface area contributed by atoms with Crippen LogP contribution in [0.2, 0.25) is 0 Å². The Morgan fingerprint density at radius 3 is 2.58 bits per heavy atom. The van der Waals surface area contributed by atoms with Crippen LogP contribution < -0.4 is 4.90 Å². The minimum absolute atomic E-state index is 0.238. The van der Waals surface area contributed by atoms with Crippen LogP contribution in [0.15, 0.2) is 73.1 Å². The molecule has 2 aromatic carbocycles. The zero-order valence-corrected chi connectivity index (χ0v) is 21.4. The summed E-state index contributed by atoms with van der Waals surface area (Å²) >= 11 is 7.07. The molecule has 0 unspecified atom stereocenters. The number of hydrogen-bond donors (Lipinski definition) is 0. The van der Waals surface area contributed by atoms with Crippen LogP contribution in [0.4, 0.5) is 10.1 Å². The number of likely N-dealkylation sites (tertiary alicyclic amines) is 1. The van der Waals surface area contributed by atoms with Crippen molar-refractivity contribution >= 4 is 45.8 Å². The Kier molecular flexibility index (Phi) is 5.30. The Bertz CT molecular complexity index is 1410. The summed E-state index contributed by atoms with van der Waals surface area (Å²) in [5.41, 5.74) is 1.43. The molecule has 2 fully saturated rings. The highest BCUT2D eigenvalue weighted by molar-refractivity contribution is 8.25. The molecule has 182 valence electrons. The lowest BCUT2D eigenvalue weighted by Crippen LogP contribution is -2.62. The van der Waals surface area contributed by atoms with Gasteiger partial charge in [0, 0.05) is 43.2 Å². The van der Waals surface area contributed by atoms with Gasteiger partial charge in [-0.25, -0.2) is 4.39 Å². The average Bonchev–Trinajstić information content (AvgIpc) is 3.38. The van der Waals surface area contributed by atoms with Gasteiger partial charge in [-0.05, 0) is 42.4 Å². The highest BCUT2D eigenvalue weighted by Crippen LogP contribution is 2.66. The van der Waals surface area contributed by atoms with Gasteiger partial charge in [0.1, 0.15) is 14.9 Å². The van der Waals surface area contributed by atoms with E-state index in [9.17, 15) is 14.0 Å². The third-order valence-electron chi connectivity index (χ3n) is 7.68. The molecule has 2 spiro atoms.